The minimum absolute atomic E-state index is 0.308. The van der Waals surface area contributed by atoms with Crippen molar-refractivity contribution in [1.82, 2.24) is 0 Å². The highest BCUT2D eigenvalue weighted by Crippen LogP contribution is 2.33. The molecule has 1 unspecified atom stereocenters. The van der Waals surface area contributed by atoms with Crippen LogP contribution in [0.4, 0.5) is 17.1 Å². The molecule has 0 aliphatic heterocycles. The molecule has 0 aromatic heterocycles. The van der Waals surface area contributed by atoms with Crippen LogP contribution in [-0.4, -0.2) is 0 Å². The van der Waals surface area contributed by atoms with Gasteiger partial charge in [0.05, 0.1) is 0 Å². The van der Waals surface area contributed by atoms with Gasteiger partial charge in [-0.15, -0.1) is 0 Å². The number of rotatable bonds is 13. The van der Waals surface area contributed by atoms with Crippen molar-refractivity contribution in [3.05, 3.63) is 206 Å². The summed E-state index contributed by atoms with van der Waals surface area (Å²) in [5.74, 6) is 0.308. The number of hydrogen-bond acceptors (Lipinski definition) is 2. The van der Waals surface area contributed by atoms with E-state index in [2.05, 4.69) is 152 Å². The first-order chi connectivity index (χ1) is 22.5. The molecule has 1 atom stereocenters. The zero-order valence-corrected chi connectivity index (χ0v) is 26.8. The van der Waals surface area contributed by atoms with Crippen molar-refractivity contribution in [2.45, 2.75) is 26.2 Å². The van der Waals surface area contributed by atoms with Gasteiger partial charge in [-0.25, -0.2) is 0 Å². The standard InChI is InChI=1S/C44H42N2/c1-5-6-17-34(2)37-27-29-43(30-28-37)46(31-14-13-18-35(3)45-42-24-11-8-12-25-42)44-26-16-23-41(33-44)40-22-15-21-39(32-40)36(4)38-19-9-7-10-20-38/h5-16,18-33,36,45H,2-3,17H2,1,4H3/b6-5-,18-13-,31-14-. The summed E-state index contributed by atoms with van der Waals surface area (Å²) < 4.78 is 0. The fourth-order valence-electron chi connectivity index (χ4n) is 5.37. The molecule has 0 aliphatic carbocycles. The van der Waals surface area contributed by atoms with E-state index in [-0.39, 0.29) is 0 Å². The molecule has 46 heavy (non-hydrogen) atoms. The van der Waals surface area contributed by atoms with Crippen LogP contribution < -0.4 is 10.2 Å². The van der Waals surface area contributed by atoms with Crippen LogP contribution in [0.1, 0.15) is 42.9 Å². The molecule has 0 spiro atoms. The van der Waals surface area contributed by atoms with Crippen LogP contribution in [0.2, 0.25) is 0 Å². The number of hydrogen-bond donors (Lipinski definition) is 1. The smallest absolute Gasteiger partial charge is 0.0461 e. The Morgan fingerprint density at radius 1 is 0.696 bits per heavy atom. The third-order valence-corrected chi connectivity index (χ3v) is 8.02. The molecular weight excluding hydrogens is 556 g/mol. The van der Waals surface area contributed by atoms with Crippen LogP contribution in [0.25, 0.3) is 16.7 Å². The van der Waals surface area contributed by atoms with Crippen LogP contribution in [-0.2, 0) is 0 Å². The fraction of sp³-hybridized carbons (Fsp3) is 0.0909. The Morgan fingerprint density at radius 3 is 2.07 bits per heavy atom. The predicted molar refractivity (Wildman–Crippen MR) is 200 cm³/mol. The average Bonchev–Trinajstić information content (AvgIpc) is 3.11. The number of para-hydroxylation sites is 1. The molecule has 0 fully saturated rings. The number of nitrogens with zero attached hydrogens (tertiary/aromatic N) is 1. The summed E-state index contributed by atoms with van der Waals surface area (Å²) in [5.41, 5.74) is 11.2. The van der Waals surface area contributed by atoms with Crippen molar-refractivity contribution in [3.63, 3.8) is 0 Å². The van der Waals surface area contributed by atoms with Gasteiger partial charge in [0.2, 0.25) is 0 Å². The fourth-order valence-corrected chi connectivity index (χ4v) is 5.37. The molecule has 0 aliphatic rings. The highest BCUT2D eigenvalue weighted by Gasteiger charge is 2.12. The Hall–Kier alpha value is -5.60. The van der Waals surface area contributed by atoms with Gasteiger partial charge in [0.1, 0.15) is 0 Å². The molecule has 0 amide bonds. The maximum Gasteiger partial charge on any atom is 0.0461 e. The van der Waals surface area contributed by atoms with Gasteiger partial charge >= 0.3 is 0 Å². The quantitative estimate of drug-likeness (QED) is 0.107. The van der Waals surface area contributed by atoms with Gasteiger partial charge in [0.15, 0.2) is 0 Å². The average molecular weight is 599 g/mol. The van der Waals surface area contributed by atoms with Crippen molar-refractivity contribution in [2.75, 3.05) is 10.2 Å². The second kappa shape index (κ2) is 15.9. The highest BCUT2D eigenvalue weighted by molar-refractivity contribution is 5.75. The second-order valence-electron chi connectivity index (χ2n) is 11.3. The molecule has 5 aromatic carbocycles. The third kappa shape index (κ3) is 8.52. The van der Waals surface area contributed by atoms with E-state index in [0.29, 0.717) is 5.92 Å². The van der Waals surface area contributed by atoms with Crippen LogP contribution >= 0.6 is 0 Å². The zero-order valence-electron chi connectivity index (χ0n) is 26.8. The first kappa shape index (κ1) is 31.8. The Morgan fingerprint density at radius 2 is 1.35 bits per heavy atom. The van der Waals surface area contributed by atoms with E-state index in [9.17, 15) is 0 Å². The van der Waals surface area contributed by atoms with Gasteiger partial charge in [-0.2, -0.15) is 0 Å². The lowest BCUT2D eigenvalue weighted by Crippen LogP contribution is -2.08. The Labute approximate surface area is 275 Å². The summed E-state index contributed by atoms with van der Waals surface area (Å²) in [4.78, 5) is 2.22. The van der Waals surface area contributed by atoms with Crippen molar-refractivity contribution >= 4 is 22.6 Å². The van der Waals surface area contributed by atoms with Gasteiger partial charge in [0.25, 0.3) is 0 Å². The maximum atomic E-state index is 4.28. The summed E-state index contributed by atoms with van der Waals surface area (Å²) in [6, 6.07) is 47.0. The molecule has 228 valence electrons. The molecule has 1 N–H and O–H groups in total. The number of anilines is 3. The topological polar surface area (TPSA) is 15.3 Å². The largest absolute Gasteiger partial charge is 0.356 e. The molecule has 5 rings (SSSR count). The van der Waals surface area contributed by atoms with Gasteiger partial charge in [-0.3, -0.25) is 0 Å². The molecule has 2 heteroatoms. The molecular formula is C44H42N2. The minimum Gasteiger partial charge on any atom is -0.356 e. The molecule has 0 saturated heterocycles. The van der Waals surface area contributed by atoms with E-state index in [0.717, 1.165) is 40.3 Å². The summed E-state index contributed by atoms with van der Waals surface area (Å²) in [6.07, 6.45) is 13.2. The number of benzene rings is 5. The molecule has 0 radical (unpaired) electrons. The van der Waals surface area contributed by atoms with Crippen LogP contribution in [0.15, 0.2) is 189 Å². The van der Waals surface area contributed by atoms with Crippen molar-refractivity contribution < 1.29 is 0 Å². The normalized spacial score (nSPS) is 12.0. The zero-order chi connectivity index (χ0) is 32.1. The summed E-state index contributed by atoms with van der Waals surface area (Å²) in [5, 5.41) is 3.33. The van der Waals surface area contributed by atoms with Crippen molar-refractivity contribution in [3.8, 4) is 11.1 Å². The lowest BCUT2D eigenvalue weighted by atomic mass is 9.91. The predicted octanol–water partition coefficient (Wildman–Crippen LogP) is 12.3. The van der Waals surface area contributed by atoms with E-state index in [1.807, 2.05) is 55.5 Å². The number of nitrogens with one attached hydrogen (secondary N) is 1. The van der Waals surface area contributed by atoms with Gasteiger partial charge in [0, 0.05) is 34.9 Å². The van der Waals surface area contributed by atoms with Crippen LogP contribution in [0, 0.1) is 0 Å². The van der Waals surface area contributed by atoms with Crippen molar-refractivity contribution in [1.29, 1.82) is 0 Å². The van der Waals surface area contributed by atoms with Gasteiger partial charge in [-0.05, 0) is 95.3 Å². The minimum atomic E-state index is 0.308. The Bertz CT molecular complexity index is 1830. The Balaban J connectivity index is 1.43. The van der Waals surface area contributed by atoms with Gasteiger partial charge < -0.3 is 10.2 Å². The molecule has 2 nitrogen and oxygen atoms in total. The molecule has 0 saturated carbocycles. The summed E-state index contributed by atoms with van der Waals surface area (Å²) >= 11 is 0. The first-order valence-electron chi connectivity index (χ1n) is 15.8. The monoisotopic (exact) mass is 598 g/mol. The van der Waals surface area contributed by atoms with E-state index in [1.165, 1.54) is 22.3 Å². The second-order valence-corrected chi connectivity index (χ2v) is 11.3. The summed E-state index contributed by atoms with van der Waals surface area (Å²) in [6.45, 7) is 12.7. The molecule has 5 aromatic rings. The van der Waals surface area contributed by atoms with Gasteiger partial charge in [-0.1, -0.05) is 135 Å². The molecule has 0 bridgehead atoms. The van der Waals surface area contributed by atoms with E-state index in [4.69, 9.17) is 0 Å². The third-order valence-electron chi connectivity index (χ3n) is 8.02. The van der Waals surface area contributed by atoms with Crippen molar-refractivity contribution in [2.24, 2.45) is 0 Å². The van der Waals surface area contributed by atoms with Crippen LogP contribution in [0.3, 0.4) is 0 Å². The molecule has 0 heterocycles. The Kier molecular flexibility index (Phi) is 11.0. The van der Waals surface area contributed by atoms with Crippen LogP contribution in [0.5, 0.6) is 0 Å². The lowest BCUT2D eigenvalue weighted by Gasteiger charge is -2.22. The van der Waals surface area contributed by atoms with E-state index < -0.39 is 0 Å². The first-order valence-corrected chi connectivity index (χ1v) is 15.8. The maximum absolute atomic E-state index is 4.28. The lowest BCUT2D eigenvalue weighted by molar-refractivity contribution is 0.923. The number of allylic oxidation sites excluding steroid dienone is 6. The van der Waals surface area contributed by atoms with E-state index >= 15 is 0 Å². The SMILES string of the molecule is C=C(/C=C\C=C/N(c1ccc(C(=C)C/C=C\C)cc1)c1cccc(-c2cccc(C(C)c3ccccc3)c2)c1)Nc1ccccc1. The van der Waals surface area contributed by atoms with E-state index in [1.54, 1.807) is 0 Å². The highest BCUT2D eigenvalue weighted by atomic mass is 15.1. The summed E-state index contributed by atoms with van der Waals surface area (Å²) in [7, 11) is 0.